The molecular weight excluding hydrogens is 314 g/mol. The van der Waals surface area contributed by atoms with Gasteiger partial charge in [-0.15, -0.1) is 0 Å². The Labute approximate surface area is 156 Å². The molecule has 152 valence electrons. The molecule has 0 rings (SSSR count). The van der Waals surface area contributed by atoms with E-state index in [-0.39, 0.29) is 0 Å². The molecule has 0 amide bonds. The van der Waals surface area contributed by atoms with Crippen LogP contribution >= 0.6 is 0 Å². The molecule has 0 aromatic rings. The van der Waals surface area contributed by atoms with Gasteiger partial charge in [-0.05, 0) is 105 Å². The first-order valence-corrected chi connectivity index (χ1v) is 10.1. The Kier molecular flexibility index (Phi) is 18.3. The lowest BCUT2D eigenvalue weighted by atomic mass is 10.2. The van der Waals surface area contributed by atoms with Gasteiger partial charge < -0.3 is 37.6 Å². The molecule has 0 bridgehead atoms. The Bertz CT molecular complexity index is 258. The van der Waals surface area contributed by atoms with E-state index in [9.17, 15) is 0 Å². The molecule has 0 saturated carbocycles. The third-order valence-electron chi connectivity index (χ3n) is 4.51. The molecule has 0 aliphatic heterocycles. The Morgan fingerprint density at radius 1 is 0.440 bits per heavy atom. The van der Waals surface area contributed by atoms with Gasteiger partial charge >= 0.3 is 0 Å². The number of hydrogen-bond donors (Lipinski definition) is 4. The van der Waals surface area contributed by atoms with Crippen LogP contribution in [0.25, 0.3) is 0 Å². The lowest BCUT2D eigenvalue weighted by Crippen LogP contribution is -2.35. The van der Waals surface area contributed by atoms with Crippen molar-refractivity contribution >= 4 is 0 Å². The summed E-state index contributed by atoms with van der Waals surface area (Å²) >= 11 is 0. The van der Waals surface area contributed by atoms with Crippen LogP contribution in [0.4, 0.5) is 0 Å². The Balaban J connectivity index is 3.85. The van der Waals surface area contributed by atoms with Crippen LogP contribution in [0.1, 0.15) is 32.1 Å². The molecular formula is C18H45N7. The van der Waals surface area contributed by atoms with E-state index in [4.69, 9.17) is 22.9 Å². The topological polar surface area (TPSA) is 114 Å². The second kappa shape index (κ2) is 18.5. The van der Waals surface area contributed by atoms with E-state index in [2.05, 4.69) is 21.7 Å². The highest BCUT2D eigenvalue weighted by atomic mass is 15.1. The Morgan fingerprint density at radius 2 is 0.800 bits per heavy atom. The molecule has 0 aromatic heterocycles. The predicted octanol–water partition coefficient (Wildman–Crippen LogP) is -0.692. The normalized spacial score (nSPS) is 12.0. The molecule has 25 heavy (non-hydrogen) atoms. The van der Waals surface area contributed by atoms with E-state index in [1.807, 2.05) is 0 Å². The fourth-order valence-electron chi connectivity index (χ4n) is 3.04. The zero-order chi connectivity index (χ0) is 18.8. The van der Waals surface area contributed by atoms with E-state index in [1.54, 1.807) is 0 Å². The van der Waals surface area contributed by atoms with Gasteiger partial charge in [0.1, 0.15) is 0 Å². The summed E-state index contributed by atoms with van der Waals surface area (Å²) in [7, 11) is 2.22. The second-order valence-corrected chi connectivity index (χ2v) is 6.91. The molecule has 7 heteroatoms. The minimum atomic E-state index is 0.724. The van der Waals surface area contributed by atoms with Gasteiger partial charge in [0.15, 0.2) is 0 Å². The largest absolute Gasteiger partial charge is 0.330 e. The quantitative estimate of drug-likeness (QED) is 0.241. The van der Waals surface area contributed by atoms with Gasteiger partial charge in [0.05, 0.1) is 0 Å². The summed E-state index contributed by atoms with van der Waals surface area (Å²) in [5.41, 5.74) is 22.6. The van der Waals surface area contributed by atoms with Crippen molar-refractivity contribution in [2.45, 2.75) is 32.1 Å². The average Bonchev–Trinajstić information content (AvgIpc) is 2.61. The van der Waals surface area contributed by atoms with Crippen molar-refractivity contribution in [3.8, 4) is 0 Å². The van der Waals surface area contributed by atoms with Crippen molar-refractivity contribution in [3.05, 3.63) is 0 Å². The summed E-state index contributed by atoms with van der Waals surface area (Å²) in [4.78, 5) is 7.37. The molecule has 7 nitrogen and oxygen atoms in total. The maximum absolute atomic E-state index is 5.69. The van der Waals surface area contributed by atoms with Gasteiger partial charge in [-0.1, -0.05) is 0 Å². The van der Waals surface area contributed by atoms with Gasteiger partial charge in [-0.25, -0.2) is 0 Å². The molecule has 8 N–H and O–H groups in total. The second-order valence-electron chi connectivity index (χ2n) is 6.91. The van der Waals surface area contributed by atoms with Crippen molar-refractivity contribution < 1.29 is 0 Å². The lowest BCUT2D eigenvalue weighted by molar-refractivity contribution is 0.227. The molecule has 0 atom stereocenters. The SMILES string of the molecule is CN(CCCN(CCN)CCCN)CCCN(CCCN)CCCN. The first-order valence-electron chi connectivity index (χ1n) is 10.1. The Hall–Kier alpha value is -0.280. The van der Waals surface area contributed by atoms with Crippen LogP contribution in [0.3, 0.4) is 0 Å². The fourth-order valence-corrected chi connectivity index (χ4v) is 3.04. The van der Waals surface area contributed by atoms with Crippen molar-refractivity contribution in [2.24, 2.45) is 22.9 Å². The summed E-state index contributed by atoms with van der Waals surface area (Å²) < 4.78 is 0. The van der Waals surface area contributed by atoms with Gasteiger partial charge in [-0.3, -0.25) is 0 Å². The van der Waals surface area contributed by atoms with Crippen molar-refractivity contribution in [1.82, 2.24) is 14.7 Å². The van der Waals surface area contributed by atoms with Gasteiger partial charge in [0.25, 0.3) is 0 Å². The van der Waals surface area contributed by atoms with Gasteiger partial charge in [0, 0.05) is 13.1 Å². The molecule has 0 radical (unpaired) electrons. The first-order chi connectivity index (χ1) is 12.2. The maximum Gasteiger partial charge on any atom is 0.0105 e. The molecule has 0 unspecified atom stereocenters. The van der Waals surface area contributed by atoms with Crippen LogP contribution in [-0.2, 0) is 0 Å². The molecule has 0 aromatic carbocycles. The highest BCUT2D eigenvalue weighted by Crippen LogP contribution is 1.99. The highest BCUT2D eigenvalue weighted by Gasteiger charge is 2.07. The molecule has 0 heterocycles. The summed E-state index contributed by atoms with van der Waals surface area (Å²) in [6, 6.07) is 0. The van der Waals surface area contributed by atoms with E-state index >= 15 is 0 Å². The smallest absolute Gasteiger partial charge is 0.0105 e. The predicted molar refractivity (Wildman–Crippen MR) is 110 cm³/mol. The van der Waals surface area contributed by atoms with E-state index in [0.29, 0.717) is 0 Å². The summed E-state index contributed by atoms with van der Waals surface area (Å²) in [6.07, 6.45) is 5.58. The van der Waals surface area contributed by atoms with Crippen LogP contribution < -0.4 is 22.9 Å². The fraction of sp³-hybridized carbons (Fsp3) is 1.00. The molecule has 0 aliphatic carbocycles. The van der Waals surface area contributed by atoms with Gasteiger partial charge in [0.2, 0.25) is 0 Å². The van der Waals surface area contributed by atoms with Crippen LogP contribution in [-0.4, -0.2) is 100 Å². The van der Waals surface area contributed by atoms with E-state index in [1.165, 1.54) is 12.8 Å². The van der Waals surface area contributed by atoms with E-state index in [0.717, 1.165) is 97.8 Å². The third kappa shape index (κ3) is 15.7. The zero-order valence-electron chi connectivity index (χ0n) is 16.7. The minimum absolute atomic E-state index is 0.724. The molecule has 0 fully saturated rings. The van der Waals surface area contributed by atoms with Crippen LogP contribution in [0.2, 0.25) is 0 Å². The zero-order valence-corrected chi connectivity index (χ0v) is 16.7. The van der Waals surface area contributed by atoms with Crippen LogP contribution in [0.15, 0.2) is 0 Å². The summed E-state index contributed by atoms with van der Waals surface area (Å²) in [6.45, 7) is 11.8. The standard InChI is InChI=1S/C18H45N7/c1-23(12-6-17-25(18-10-22)15-4-9-21)11-5-16-24(13-2-7-19)14-3-8-20/h2-22H2,1H3. The molecule has 0 spiro atoms. The minimum Gasteiger partial charge on any atom is -0.330 e. The van der Waals surface area contributed by atoms with Crippen molar-refractivity contribution in [2.75, 3.05) is 85.6 Å². The number of rotatable bonds is 19. The highest BCUT2D eigenvalue weighted by molar-refractivity contribution is 4.64. The van der Waals surface area contributed by atoms with E-state index < -0.39 is 0 Å². The summed E-state index contributed by atoms with van der Waals surface area (Å²) in [5, 5.41) is 0. The average molecular weight is 360 g/mol. The first kappa shape index (κ1) is 24.7. The van der Waals surface area contributed by atoms with Gasteiger partial charge in [-0.2, -0.15) is 0 Å². The Morgan fingerprint density at radius 3 is 1.16 bits per heavy atom. The molecule has 0 aliphatic rings. The van der Waals surface area contributed by atoms with Crippen molar-refractivity contribution in [1.29, 1.82) is 0 Å². The maximum atomic E-state index is 5.69. The van der Waals surface area contributed by atoms with Crippen LogP contribution in [0.5, 0.6) is 0 Å². The number of hydrogen-bond acceptors (Lipinski definition) is 7. The summed E-state index contributed by atoms with van der Waals surface area (Å²) in [5.74, 6) is 0. The monoisotopic (exact) mass is 359 g/mol. The number of nitrogens with two attached hydrogens (primary N) is 4. The third-order valence-corrected chi connectivity index (χ3v) is 4.51. The number of nitrogens with zero attached hydrogens (tertiary/aromatic N) is 3. The van der Waals surface area contributed by atoms with Crippen molar-refractivity contribution in [3.63, 3.8) is 0 Å². The lowest BCUT2D eigenvalue weighted by Gasteiger charge is -2.25. The van der Waals surface area contributed by atoms with Crippen LogP contribution in [0, 0.1) is 0 Å². The molecule has 0 saturated heterocycles.